The van der Waals surface area contributed by atoms with Gasteiger partial charge in [0.15, 0.2) is 0 Å². The lowest BCUT2D eigenvalue weighted by atomic mass is 9.99. The van der Waals surface area contributed by atoms with Crippen molar-refractivity contribution in [1.29, 1.82) is 0 Å². The minimum Gasteiger partial charge on any atom is -0.480 e. The van der Waals surface area contributed by atoms with E-state index in [0.717, 1.165) is 24.8 Å². The Morgan fingerprint density at radius 2 is 2.21 bits per heavy atom. The van der Waals surface area contributed by atoms with Gasteiger partial charge in [-0.1, -0.05) is 35.9 Å². The average Bonchev–Trinajstić information content (AvgIpc) is 2.64. The predicted octanol–water partition coefficient (Wildman–Crippen LogP) is 3.06. The van der Waals surface area contributed by atoms with E-state index in [-0.39, 0.29) is 18.6 Å². The number of hydrogen-bond donors (Lipinski definition) is 2. The van der Waals surface area contributed by atoms with Gasteiger partial charge in [0.1, 0.15) is 6.61 Å². The standard InChI is InChI=1S/C21H28ClNO5/c22-17-6-3-5-16(13-17)14-19(24)10-9-18-7-4-8-20(25)23(18)11-1-2-12-28-15-21(26)27/h3,5-6,9-10,13,18-19,24H,1-2,4,7-8,11-12,14-15H2,(H,26,27)/b10-9+. The first-order chi connectivity index (χ1) is 13.5. The lowest BCUT2D eigenvalue weighted by Gasteiger charge is -2.34. The Labute approximate surface area is 170 Å². The summed E-state index contributed by atoms with van der Waals surface area (Å²) in [5.74, 6) is -0.857. The number of amides is 1. The second kappa shape index (κ2) is 11.8. The van der Waals surface area contributed by atoms with Crippen molar-refractivity contribution in [3.63, 3.8) is 0 Å². The van der Waals surface area contributed by atoms with Crippen LogP contribution in [0.2, 0.25) is 5.02 Å². The van der Waals surface area contributed by atoms with Crippen molar-refractivity contribution in [2.45, 2.75) is 50.7 Å². The molecule has 1 aromatic carbocycles. The number of carboxylic acid groups (broad SMARTS) is 1. The van der Waals surface area contributed by atoms with Gasteiger partial charge < -0.3 is 19.8 Å². The van der Waals surface area contributed by atoms with Crippen molar-refractivity contribution in [2.24, 2.45) is 0 Å². The Bertz CT molecular complexity index is 679. The Hall–Kier alpha value is -1.89. The molecule has 1 aliphatic heterocycles. The van der Waals surface area contributed by atoms with Crippen molar-refractivity contribution in [3.05, 3.63) is 47.0 Å². The molecule has 2 unspecified atom stereocenters. The summed E-state index contributed by atoms with van der Waals surface area (Å²) in [4.78, 5) is 24.6. The van der Waals surface area contributed by atoms with Crippen LogP contribution in [0, 0.1) is 0 Å². The molecule has 1 amide bonds. The van der Waals surface area contributed by atoms with Crippen LogP contribution >= 0.6 is 11.6 Å². The van der Waals surface area contributed by atoms with Crippen LogP contribution in [-0.2, 0) is 20.7 Å². The molecule has 1 fully saturated rings. The van der Waals surface area contributed by atoms with E-state index in [0.29, 0.717) is 37.4 Å². The van der Waals surface area contributed by atoms with Crippen LogP contribution in [0.4, 0.5) is 0 Å². The number of aliphatic hydroxyl groups is 1. The first-order valence-corrected chi connectivity index (χ1v) is 10.0. The Morgan fingerprint density at radius 3 is 2.96 bits per heavy atom. The third-order valence-electron chi connectivity index (χ3n) is 4.66. The predicted molar refractivity (Wildman–Crippen MR) is 107 cm³/mol. The number of aliphatic hydroxyl groups excluding tert-OH is 1. The zero-order chi connectivity index (χ0) is 20.4. The van der Waals surface area contributed by atoms with Gasteiger partial charge in [0, 0.05) is 31.0 Å². The number of carbonyl (C=O) groups is 2. The van der Waals surface area contributed by atoms with Gasteiger partial charge in [0.05, 0.1) is 12.1 Å². The van der Waals surface area contributed by atoms with Crippen molar-refractivity contribution in [1.82, 2.24) is 4.90 Å². The van der Waals surface area contributed by atoms with Crippen LogP contribution in [0.3, 0.4) is 0 Å². The van der Waals surface area contributed by atoms with Gasteiger partial charge in [-0.2, -0.15) is 0 Å². The molecule has 1 aliphatic rings. The fraction of sp³-hybridized carbons (Fsp3) is 0.524. The molecule has 6 nitrogen and oxygen atoms in total. The van der Waals surface area contributed by atoms with E-state index in [1.54, 1.807) is 12.1 Å². The van der Waals surface area contributed by atoms with Crippen molar-refractivity contribution in [3.8, 4) is 0 Å². The summed E-state index contributed by atoms with van der Waals surface area (Å²) in [6.45, 7) is 0.681. The molecule has 1 heterocycles. The summed E-state index contributed by atoms with van der Waals surface area (Å²) in [5, 5.41) is 19.5. The van der Waals surface area contributed by atoms with Gasteiger partial charge in [-0.05, 0) is 43.4 Å². The molecule has 2 N–H and O–H groups in total. The topological polar surface area (TPSA) is 87.1 Å². The SMILES string of the molecule is O=C(O)COCCCCN1C(=O)CCCC1/C=C/C(O)Cc1cccc(Cl)c1. The maximum Gasteiger partial charge on any atom is 0.329 e. The third-order valence-corrected chi connectivity index (χ3v) is 4.90. The fourth-order valence-corrected chi connectivity index (χ4v) is 3.53. The lowest BCUT2D eigenvalue weighted by molar-refractivity contribution is -0.142. The molecule has 0 saturated carbocycles. The van der Waals surface area contributed by atoms with Crippen molar-refractivity contribution in [2.75, 3.05) is 19.8 Å². The Kier molecular flexibility index (Phi) is 9.47. The number of halogens is 1. The van der Waals surface area contributed by atoms with E-state index < -0.39 is 12.1 Å². The molecule has 0 spiro atoms. The minimum absolute atomic E-state index is 0.0183. The fourth-order valence-electron chi connectivity index (χ4n) is 3.31. The number of hydrogen-bond acceptors (Lipinski definition) is 4. The van der Waals surface area contributed by atoms with Gasteiger partial charge in [-0.25, -0.2) is 4.79 Å². The first kappa shape index (κ1) is 22.4. The molecule has 0 aromatic heterocycles. The molecule has 1 aromatic rings. The number of rotatable bonds is 11. The smallest absolute Gasteiger partial charge is 0.329 e. The van der Waals surface area contributed by atoms with E-state index in [9.17, 15) is 14.7 Å². The van der Waals surface area contributed by atoms with E-state index in [1.165, 1.54) is 0 Å². The number of aliphatic carboxylic acids is 1. The van der Waals surface area contributed by atoms with E-state index in [2.05, 4.69) is 0 Å². The summed E-state index contributed by atoms with van der Waals surface area (Å²) in [7, 11) is 0. The zero-order valence-corrected chi connectivity index (χ0v) is 16.7. The van der Waals surface area contributed by atoms with Gasteiger partial charge in [0.25, 0.3) is 0 Å². The number of ether oxygens (including phenoxy) is 1. The normalized spacial score (nSPS) is 18.6. The maximum atomic E-state index is 12.3. The van der Waals surface area contributed by atoms with Gasteiger partial charge in [0.2, 0.25) is 5.91 Å². The Morgan fingerprint density at radius 1 is 1.39 bits per heavy atom. The number of piperidine rings is 1. The molecule has 28 heavy (non-hydrogen) atoms. The molecule has 0 aliphatic carbocycles. The monoisotopic (exact) mass is 409 g/mol. The van der Waals surface area contributed by atoms with Crippen LogP contribution in [0.5, 0.6) is 0 Å². The number of carbonyl (C=O) groups excluding carboxylic acids is 1. The molecule has 0 bridgehead atoms. The number of unbranched alkanes of at least 4 members (excludes halogenated alkanes) is 1. The van der Waals surface area contributed by atoms with Crippen LogP contribution in [0.25, 0.3) is 0 Å². The third kappa shape index (κ3) is 8.00. The molecule has 7 heteroatoms. The summed E-state index contributed by atoms with van der Waals surface area (Å²) in [5.41, 5.74) is 0.961. The highest BCUT2D eigenvalue weighted by atomic mass is 35.5. The summed E-state index contributed by atoms with van der Waals surface area (Å²) < 4.78 is 5.02. The van der Waals surface area contributed by atoms with Gasteiger partial charge in [-0.15, -0.1) is 0 Å². The first-order valence-electron chi connectivity index (χ1n) is 9.65. The summed E-state index contributed by atoms with van der Waals surface area (Å²) >= 11 is 5.98. The number of benzene rings is 1. The van der Waals surface area contributed by atoms with Crippen molar-refractivity contribution >= 4 is 23.5 Å². The quantitative estimate of drug-likeness (QED) is 0.433. The van der Waals surface area contributed by atoms with Crippen LogP contribution in [0.1, 0.15) is 37.7 Å². The lowest BCUT2D eigenvalue weighted by Crippen LogP contribution is -2.43. The molecule has 154 valence electrons. The van der Waals surface area contributed by atoms with E-state index in [4.69, 9.17) is 21.4 Å². The van der Waals surface area contributed by atoms with Crippen LogP contribution in [-0.4, -0.2) is 58.9 Å². The van der Waals surface area contributed by atoms with Gasteiger partial charge >= 0.3 is 5.97 Å². The maximum absolute atomic E-state index is 12.3. The van der Waals surface area contributed by atoms with E-state index in [1.807, 2.05) is 29.2 Å². The van der Waals surface area contributed by atoms with E-state index >= 15 is 0 Å². The molecular weight excluding hydrogens is 382 g/mol. The summed E-state index contributed by atoms with van der Waals surface area (Å²) in [6.07, 6.45) is 7.23. The van der Waals surface area contributed by atoms with Crippen LogP contribution < -0.4 is 0 Å². The van der Waals surface area contributed by atoms with Crippen molar-refractivity contribution < 1.29 is 24.5 Å². The number of likely N-dealkylation sites (tertiary alicyclic amines) is 1. The number of carboxylic acids is 1. The highest BCUT2D eigenvalue weighted by Gasteiger charge is 2.25. The second-order valence-electron chi connectivity index (χ2n) is 6.99. The van der Waals surface area contributed by atoms with Gasteiger partial charge in [-0.3, -0.25) is 4.79 Å². The molecule has 2 rings (SSSR count). The van der Waals surface area contributed by atoms with Crippen LogP contribution in [0.15, 0.2) is 36.4 Å². The largest absolute Gasteiger partial charge is 0.480 e. The average molecular weight is 410 g/mol. The summed E-state index contributed by atoms with van der Waals surface area (Å²) in [6, 6.07) is 7.39. The highest BCUT2D eigenvalue weighted by molar-refractivity contribution is 6.30. The molecular formula is C21H28ClNO5. The highest BCUT2D eigenvalue weighted by Crippen LogP contribution is 2.20. The minimum atomic E-state index is -0.979. The second-order valence-corrected chi connectivity index (χ2v) is 7.42. The molecule has 0 radical (unpaired) electrons. The zero-order valence-electron chi connectivity index (χ0n) is 15.9. The molecule has 2 atom stereocenters. The molecule has 1 saturated heterocycles. The number of nitrogens with zero attached hydrogens (tertiary/aromatic N) is 1. The Balaban J connectivity index is 1.82.